The maximum Gasteiger partial charge on any atom is 0.273 e. The first-order valence-electron chi connectivity index (χ1n) is 10.0. The molecule has 4 nitrogen and oxygen atoms in total. The van der Waals surface area contributed by atoms with Gasteiger partial charge in [-0.3, -0.25) is 10.1 Å². The minimum atomic E-state index is -0.456. The number of unbranched alkanes of at least 4 members (excludes halogenated alkanes) is 1. The lowest BCUT2D eigenvalue weighted by molar-refractivity contribution is -0.386. The van der Waals surface area contributed by atoms with Gasteiger partial charge in [0.05, 0.1) is 4.92 Å². The Labute approximate surface area is 152 Å². The third-order valence-corrected chi connectivity index (χ3v) is 6.36. The van der Waals surface area contributed by atoms with Gasteiger partial charge < -0.3 is 5.73 Å². The molecular weight excluding hydrogens is 312 g/mol. The van der Waals surface area contributed by atoms with Gasteiger partial charge in [-0.05, 0) is 49.0 Å². The van der Waals surface area contributed by atoms with Crippen LogP contribution in [0.25, 0.3) is 0 Å². The Hall–Kier alpha value is -1.42. The Morgan fingerprint density at radius 2 is 1.88 bits per heavy atom. The highest BCUT2D eigenvalue weighted by Crippen LogP contribution is 2.55. The zero-order chi connectivity index (χ0) is 18.6. The fourth-order valence-corrected chi connectivity index (χ4v) is 5.17. The van der Waals surface area contributed by atoms with Crippen LogP contribution < -0.4 is 5.73 Å². The molecule has 0 heterocycles. The summed E-state index contributed by atoms with van der Waals surface area (Å²) in [6.45, 7) is 8.73. The molecule has 0 saturated heterocycles. The van der Waals surface area contributed by atoms with Gasteiger partial charge in [-0.25, -0.2) is 0 Å². The number of nitrogens with zero attached hydrogens (tertiary/aromatic N) is 1. The third kappa shape index (κ3) is 3.46. The molecule has 0 radical (unpaired) electrons. The SMILES string of the molecule is CCCCC1C(CCC)C(CC)c2c([N+](=O)[O-])cccc2C1(N)CC. The van der Waals surface area contributed by atoms with Gasteiger partial charge in [-0.2, -0.15) is 0 Å². The highest BCUT2D eigenvalue weighted by Gasteiger charge is 2.50. The van der Waals surface area contributed by atoms with Crippen LogP contribution in [0.2, 0.25) is 0 Å². The van der Waals surface area contributed by atoms with Gasteiger partial charge in [0.2, 0.25) is 0 Å². The zero-order valence-electron chi connectivity index (χ0n) is 16.3. The van der Waals surface area contributed by atoms with Crippen molar-refractivity contribution in [3.63, 3.8) is 0 Å². The number of nitro benzene ring substituents is 1. The molecule has 1 aliphatic carbocycles. The van der Waals surface area contributed by atoms with Crippen LogP contribution in [0.15, 0.2) is 18.2 Å². The number of hydrogen-bond donors (Lipinski definition) is 1. The number of nitro groups is 1. The van der Waals surface area contributed by atoms with Crippen molar-refractivity contribution in [1.29, 1.82) is 0 Å². The van der Waals surface area contributed by atoms with E-state index in [1.54, 1.807) is 6.07 Å². The van der Waals surface area contributed by atoms with Gasteiger partial charge in [0, 0.05) is 17.2 Å². The van der Waals surface area contributed by atoms with E-state index in [2.05, 4.69) is 33.8 Å². The van der Waals surface area contributed by atoms with Crippen LogP contribution >= 0.6 is 0 Å². The molecule has 4 atom stereocenters. The number of fused-ring (bicyclic) bond motifs is 1. The average Bonchev–Trinajstić information content (AvgIpc) is 2.61. The summed E-state index contributed by atoms with van der Waals surface area (Å²) in [6.07, 6.45) is 7.40. The molecule has 0 fully saturated rings. The summed E-state index contributed by atoms with van der Waals surface area (Å²) >= 11 is 0. The summed E-state index contributed by atoms with van der Waals surface area (Å²) in [5.41, 5.74) is 8.80. The summed E-state index contributed by atoms with van der Waals surface area (Å²) in [5, 5.41) is 11.7. The predicted octanol–water partition coefficient (Wildman–Crippen LogP) is 5.89. The molecular formula is C21H34N2O2. The summed E-state index contributed by atoms with van der Waals surface area (Å²) in [6, 6.07) is 5.53. The standard InChI is InChI=1S/C21H34N2O2/c1-5-9-12-17-16(11-6-2)15(7-3)20-18(21(17,22)8-4)13-10-14-19(20)23(24)25/h10,13-17H,5-9,11-12,22H2,1-4H3. The van der Waals surface area contributed by atoms with Crippen LogP contribution in [0.4, 0.5) is 5.69 Å². The quantitative estimate of drug-likeness (QED) is 0.471. The summed E-state index contributed by atoms with van der Waals surface area (Å²) < 4.78 is 0. The van der Waals surface area contributed by atoms with Gasteiger partial charge in [0.15, 0.2) is 0 Å². The van der Waals surface area contributed by atoms with Crippen molar-refractivity contribution in [2.75, 3.05) is 0 Å². The third-order valence-electron chi connectivity index (χ3n) is 6.36. The molecule has 2 rings (SSSR count). The molecule has 4 unspecified atom stereocenters. The van der Waals surface area contributed by atoms with Crippen molar-refractivity contribution in [3.05, 3.63) is 39.4 Å². The molecule has 0 spiro atoms. The predicted molar refractivity (Wildman–Crippen MR) is 104 cm³/mol. The van der Waals surface area contributed by atoms with Crippen LogP contribution in [0.5, 0.6) is 0 Å². The minimum Gasteiger partial charge on any atom is -0.321 e. The highest BCUT2D eigenvalue weighted by molar-refractivity contribution is 5.53. The Morgan fingerprint density at radius 3 is 2.40 bits per heavy atom. The molecule has 1 aromatic carbocycles. The van der Waals surface area contributed by atoms with Crippen LogP contribution in [-0.2, 0) is 5.54 Å². The fourth-order valence-electron chi connectivity index (χ4n) is 5.17. The molecule has 1 aliphatic rings. The molecule has 140 valence electrons. The molecule has 4 heteroatoms. The largest absolute Gasteiger partial charge is 0.321 e. The van der Waals surface area contributed by atoms with E-state index < -0.39 is 5.54 Å². The van der Waals surface area contributed by atoms with Crippen molar-refractivity contribution < 1.29 is 4.92 Å². The molecule has 25 heavy (non-hydrogen) atoms. The van der Waals surface area contributed by atoms with Crippen LogP contribution in [0.3, 0.4) is 0 Å². The number of nitrogens with two attached hydrogens (primary N) is 1. The number of benzene rings is 1. The smallest absolute Gasteiger partial charge is 0.273 e. The second kappa shape index (κ2) is 8.31. The fraction of sp³-hybridized carbons (Fsp3) is 0.714. The number of rotatable bonds is 8. The van der Waals surface area contributed by atoms with Crippen LogP contribution in [0, 0.1) is 22.0 Å². The second-order valence-corrected chi connectivity index (χ2v) is 7.61. The topological polar surface area (TPSA) is 69.2 Å². The Bertz CT molecular complexity index is 602. The van der Waals surface area contributed by atoms with Gasteiger partial charge in [0.1, 0.15) is 0 Å². The molecule has 0 bridgehead atoms. The maximum atomic E-state index is 11.7. The second-order valence-electron chi connectivity index (χ2n) is 7.61. The van der Waals surface area contributed by atoms with E-state index in [4.69, 9.17) is 5.73 Å². The minimum absolute atomic E-state index is 0.215. The molecule has 0 aliphatic heterocycles. The first-order valence-corrected chi connectivity index (χ1v) is 10.0. The van der Waals surface area contributed by atoms with E-state index in [-0.39, 0.29) is 16.5 Å². The van der Waals surface area contributed by atoms with E-state index in [1.165, 1.54) is 6.42 Å². The van der Waals surface area contributed by atoms with E-state index in [0.29, 0.717) is 11.8 Å². The highest BCUT2D eigenvalue weighted by atomic mass is 16.6. The van der Waals surface area contributed by atoms with Gasteiger partial charge >= 0.3 is 0 Å². The van der Waals surface area contributed by atoms with Crippen LogP contribution in [0.1, 0.15) is 89.7 Å². The normalized spacial score (nSPS) is 28.6. The lowest BCUT2D eigenvalue weighted by atomic mass is 9.56. The lowest BCUT2D eigenvalue weighted by Gasteiger charge is -2.50. The maximum absolute atomic E-state index is 11.7. The van der Waals surface area contributed by atoms with E-state index >= 15 is 0 Å². The Balaban J connectivity index is 2.70. The van der Waals surface area contributed by atoms with E-state index in [1.807, 2.05) is 6.07 Å². The van der Waals surface area contributed by atoms with Gasteiger partial charge in [0.25, 0.3) is 5.69 Å². The molecule has 2 N–H and O–H groups in total. The number of hydrogen-bond acceptors (Lipinski definition) is 3. The Kier molecular flexibility index (Phi) is 6.61. The van der Waals surface area contributed by atoms with E-state index in [0.717, 1.165) is 49.7 Å². The monoisotopic (exact) mass is 346 g/mol. The molecule has 0 amide bonds. The molecule has 0 saturated carbocycles. The first-order chi connectivity index (χ1) is 12.0. The summed E-state index contributed by atoms with van der Waals surface area (Å²) in [5.74, 6) is 1.07. The van der Waals surface area contributed by atoms with Gasteiger partial charge in [-0.1, -0.05) is 59.1 Å². The van der Waals surface area contributed by atoms with Crippen molar-refractivity contribution in [3.8, 4) is 0 Å². The average molecular weight is 347 g/mol. The van der Waals surface area contributed by atoms with Gasteiger partial charge in [-0.15, -0.1) is 0 Å². The lowest BCUT2D eigenvalue weighted by Crippen LogP contribution is -2.52. The molecule has 1 aromatic rings. The Morgan fingerprint density at radius 1 is 1.16 bits per heavy atom. The summed E-state index contributed by atoms with van der Waals surface area (Å²) in [4.78, 5) is 11.5. The van der Waals surface area contributed by atoms with Crippen molar-refractivity contribution >= 4 is 5.69 Å². The first kappa shape index (κ1) is 19.9. The van der Waals surface area contributed by atoms with Crippen molar-refractivity contribution in [2.24, 2.45) is 17.6 Å². The van der Waals surface area contributed by atoms with Crippen molar-refractivity contribution in [2.45, 2.75) is 84.1 Å². The van der Waals surface area contributed by atoms with Crippen LogP contribution in [-0.4, -0.2) is 4.92 Å². The van der Waals surface area contributed by atoms with E-state index in [9.17, 15) is 10.1 Å². The molecule has 0 aromatic heterocycles. The zero-order valence-corrected chi connectivity index (χ0v) is 16.3. The summed E-state index contributed by atoms with van der Waals surface area (Å²) in [7, 11) is 0. The van der Waals surface area contributed by atoms with Crippen molar-refractivity contribution in [1.82, 2.24) is 0 Å².